The van der Waals surface area contributed by atoms with E-state index in [1.54, 1.807) is 0 Å². The lowest BCUT2D eigenvalue weighted by atomic mass is 10.00. The van der Waals surface area contributed by atoms with Crippen LogP contribution >= 0.6 is 0 Å². The van der Waals surface area contributed by atoms with Crippen molar-refractivity contribution in [1.29, 1.82) is 0 Å². The highest BCUT2D eigenvalue weighted by Crippen LogP contribution is 2.27. The summed E-state index contributed by atoms with van der Waals surface area (Å²) in [6.07, 6.45) is 29.3. The van der Waals surface area contributed by atoms with Gasteiger partial charge in [0.2, 0.25) is 0 Å². The Morgan fingerprint density at radius 1 is 0.500 bits per heavy atom. The summed E-state index contributed by atoms with van der Waals surface area (Å²) >= 11 is 0. The van der Waals surface area contributed by atoms with Gasteiger partial charge in [-0.25, -0.2) is 14.4 Å². The Labute approximate surface area is 245 Å². The molecule has 0 bridgehead atoms. The Balaban J connectivity index is 4.03. The Morgan fingerprint density at radius 3 is 1.07 bits per heavy atom. The third-order valence-corrected chi connectivity index (χ3v) is 8.79. The molecule has 0 aliphatic heterocycles. The third-order valence-electron chi connectivity index (χ3n) is 8.79. The summed E-state index contributed by atoms with van der Waals surface area (Å²) in [5.74, 6) is -3.53. The van der Waals surface area contributed by atoms with E-state index in [1.807, 2.05) is 0 Å². The van der Waals surface area contributed by atoms with Gasteiger partial charge >= 0.3 is 17.9 Å². The molecule has 0 radical (unpaired) electrons. The smallest absolute Gasteiger partial charge is 0.362 e. The maximum Gasteiger partial charge on any atom is 0.362 e. The number of quaternary nitrogens is 1. The average Bonchev–Trinajstić information content (AvgIpc) is 2.92. The molecule has 40 heavy (non-hydrogen) atoms. The normalized spacial score (nSPS) is 15.5. The Hall–Kier alpha value is -1.89. The first-order valence-electron chi connectivity index (χ1n) is 16.3. The second-order valence-electron chi connectivity index (χ2n) is 11.8. The summed E-state index contributed by atoms with van der Waals surface area (Å²) in [6, 6.07) is -3.40. The molecule has 3 atom stereocenters. The Morgan fingerprint density at radius 2 is 0.775 bits per heavy atom. The van der Waals surface area contributed by atoms with Crippen LogP contribution in [-0.4, -0.2) is 62.4 Å². The molecule has 3 unspecified atom stereocenters. The van der Waals surface area contributed by atoms with E-state index in [2.05, 4.69) is 19.1 Å². The van der Waals surface area contributed by atoms with Crippen LogP contribution < -0.4 is 0 Å². The van der Waals surface area contributed by atoms with Crippen molar-refractivity contribution in [2.45, 2.75) is 174 Å². The van der Waals surface area contributed by atoms with E-state index in [1.165, 1.54) is 117 Å². The van der Waals surface area contributed by atoms with E-state index in [-0.39, 0.29) is 6.54 Å². The van der Waals surface area contributed by atoms with Crippen LogP contribution in [0, 0.1) is 0 Å². The lowest BCUT2D eigenvalue weighted by Crippen LogP contribution is -2.70. The molecule has 0 fully saturated rings. The first-order chi connectivity index (χ1) is 19.1. The minimum Gasteiger partial charge on any atom is -0.477 e. The summed E-state index contributed by atoms with van der Waals surface area (Å²) in [6.45, 7) is 6.73. The maximum absolute atomic E-state index is 11.8. The zero-order valence-electron chi connectivity index (χ0n) is 26.2. The van der Waals surface area contributed by atoms with E-state index in [4.69, 9.17) is 0 Å². The highest BCUT2D eigenvalue weighted by molar-refractivity contribution is 5.77. The van der Waals surface area contributed by atoms with Crippen molar-refractivity contribution in [2.75, 3.05) is 6.54 Å². The predicted molar refractivity (Wildman–Crippen MR) is 164 cm³/mol. The van der Waals surface area contributed by atoms with Crippen LogP contribution in [0.2, 0.25) is 0 Å². The zero-order chi connectivity index (χ0) is 30.2. The number of rotatable bonds is 28. The number of unbranched alkanes of at least 4 members (excludes halogenated alkanes) is 18. The van der Waals surface area contributed by atoms with Crippen molar-refractivity contribution < 1.29 is 34.2 Å². The van der Waals surface area contributed by atoms with E-state index < -0.39 is 40.5 Å². The van der Waals surface area contributed by atoms with Crippen molar-refractivity contribution in [2.24, 2.45) is 0 Å². The lowest BCUT2D eigenvalue weighted by Gasteiger charge is -2.47. The van der Waals surface area contributed by atoms with Crippen LogP contribution in [0.5, 0.6) is 0 Å². The van der Waals surface area contributed by atoms with Gasteiger partial charge in [0.05, 0.1) is 6.54 Å². The molecule has 0 aromatic heterocycles. The molecule has 0 saturated heterocycles. The van der Waals surface area contributed by atoms with Crippen LogP contribution in [-0.2, 0) is 14.4 Å². The molecule has 0 spiro atoms. The lowest BCUT2D eigenvalue weighted by molar-refractivity contribution is -0.968. The van der Waals surface area contributed by atoms with E-state index >= 15 is 0 Å². The van der Waals surface area contributed by atoms with E-state index in [9.17, 15) is 29.7 Å². The molecule has 7 heteroatoms. The third kappa shape index (κ3) is 15.8. The van der Waals surface area contributed by atoms with Gasteiger partial charge in [-0.05, 0) is 59.3 Å². The summed E-state index contributed by atoms with van der Waals surface area (Å²) in [7, 11) is 0. The van der Waals surface area contributed by atoms with E-state index in [0.717, 1.165) is 25.7 Å². The molecule has 0 aromatic carbocycles. The van der Waals surface area contributed by atoms with Crippen molar-refractivity contribution in [3.05, 3.63) is 12.2 Å². The Kier molecular flexibility index (Phi) is 22.7. The zero-order valence-corrected chi connectivity index (χ0v) is 26.2. The molecular weight excluding hydrogens is 506 g/mol. The van der Waals surface area contributed by atoms with E-state index in [0.29, 0.717) is 6.42 Å². The minimum atomic E-state index is -1.18. The molecule has 0 aliphatic carbocycles. The molecule has 234 valence electrons. The number of hydrogen-bond acceptors (Lipinski definition) is 3. The molecule has 0 aliphatic rings. The second kappa shape index (κ2) is 23.8. The summed E-state index contributed by atoms with van der Waals surface area (Å²) < 4.78 is -0.491. The van der Waals surface area contributed by atoms with Crippen molar-refractivity contribution in [1.82, 2.24) is 0 Å². The number of nitrogens with zero attached hydrogens (tertiary/aromatic N) is 1. The first-order valence-corrected chi connectivity index (χ1v) is 16.3. The highest BCUT2D eigenvalue weighted by Gasteiger charge is 2.52. The highest BCUT2D eigenvalue weighted by atomic mass is 16.4. The van der Waals surface area contributed by atoms with Gasteiger partial charge < -0.3 is 15.3 Å². The summed E-state index contributed by atoms with van der Waals surface area (Å²) in [4.78, 5) is 35.4. The molecule has 7 nitrogen and oxygen atoms in total. The van der Waals surface area contributed by atoms with Crippen LogP contribution in [0.25, 0.3) is 0 Å². The first kappa shape index (κ1) is 38.1. The molecule has 0 saturated carbocycles. The SMILES string of the molecule is CCCCCCCCCCCCCCCCC/C=C/CCCCC[N+](C(C)C(=O)O)(C(C)C(=O)O)C(C)C(=O)O. The summed E-state index contributed by atoms with van der Waals surface area (Å²) in [5.41, 5.74) is 0. The van der Waals surface area contributed by atoms with Crippen molar-refractivity contribution >= 4 is 17.9 Å². The largest absolute Gasteiger partial charge is 0.477 e. The van der Waals surface area contributed by atoms with Gasteiger partial charge in [-0.3, -0.25) is 4.48 Å². The van der Waals surface area contributed by atoms with Crippen LogP contribution in [0.4, 0.5) is 0 Å². The van der Waals surface area contributed by atoms with Crippen LogP contribution in [0.15, 0.2) is 12.2 Å². The second-order valence-corrected chi connectivity index (χ2v) is 11.8. The van der Waals surface area contributed by atoms with Gasteiger partial charge in [0.25, 0.3) is 0 Å². The van der Waals surface area contributed by atoms with Crippen molar-refractivity contribution in [3.8, 4) is 0 Å². The van der Waals surface area contributed by atoms with Gasteiger partial charge in [-0.15, -0.1) is 0 Å². The number of allylic oxidation sites excluding steroid dienone is 2. The number of carboxylic acid groups (broad SMARTS) is 3. The fourth-order valence-corrected chi connectivity index (χ4v) is 5.90. The average molecular weight is 569 g/mol. The monoisotopic (exact) mass is 568 g/mol. The number of aliphatic carboxylic acids is 3. The van der Waals surface area contributed by atoms with Gasteiger partial charge in [0, 0.05) is 0 Å². The standard InChI is InChI=1S/C33H61NO6/c1-5-6-7-8-9-10-11-12-13-14-15-16-17-18-19-20-21-22-23-24-25-26-27-34(28(2)31(35)36,29(3)32(37)38)30(4)33(39)40/h21-22,28-30H,5-20,23-27H2,1-4H3,(H2-,35,36,37,38,39,40)/p+1/b22-21+. The molecule has 0 rings (SSSR count). The molecule has 0 aromatic rings. The van der Waals surface area contributed by atoms with Crippen molar-refractivity contribution in [3.63, 3.8) is 0 Å². The van der Waals surface area contributed by atoms with Crippen LogP contribution in [0.3, 0.4) is 0 Å². The van der Waals surface area contributed by atoms with Gasteiger partial charge in [-0.1, -0.05) is 109 Å². The summed E-state index contributed by atoms with van der Waals surface area (Å²) in [5, 5.41) is 28.9. The molecule has 0 amide bonds. The fourth-order valence-electron chi connectivity index (χ4n) is 5.90. The number of hydrogen-bond donors (Lipinski definition) is 3. The quantitative estimate of drug-likeness (QED) is 0.0495. The maximum atomic E-state index is 11.8. The topological polar surface area (TPSA) is 112 Å². The van der Waals surface area contributed by atoms with Crippen LogP contribution in [0.1, 0.15) is 156 Å². The number of carbonyl (C=O) groups is 3. The fraction of sp³-hybridized carbons (Fsp3) is 0.848. The Bertz CT molecular complexity index is 657. The molecular formula is C33H62NO6+. The van der Waals surface area contributed by atoms with Gasteiger partial charge in [0.15, 0.2) is 18.1 Å². The molecule has 0 heterocycles. The van der Waals surface area contributed by atoms with Gasteiger partial charge in [-0.2, -0.15) is 0 Å². The minimum absolute atomic E-state index is 0.206. The molecule has 3 N–H and O–H groups in total. The van der Waals surface area contributed by atoms with Gasteiger partial charge in [0.1, 0.15) is 0 Å². The predicted octanol–water partition coefficient (Wildman–Crippen LogP) is 8.60. The number of carboxylic acids is 3.